The lowest BCUT2D eigenvalue weighted by Crippen LogP contribution is -2.42. The molecule has 0 bridgehead atoms. The summed E-state index contributed by atoms with van der Waals surface area (Å²) >= 11 is 0. The smallest absolute Gasteiger partial charge is 0.202 e. The molecule has 1 aromatic carbocycles. The third kappa shape index (κ3) is 2.97. The number of rotatable bonds is 5. The minimum absolute atomic E-state index is 0.586. The molecule has 1 aliphatic heterocycles. The fraction of sp³-hybridized carbons (Fsp3) is 0.294. The Morgan fingerprint density at radius 2 is 2.16 bits per heavy atom. The van der Waals surface area contributed by atoms with Crippen molar-refractivity contribution >= 4 is 28.2 Å². The fourth-order valence-electron chi connectivity index (χ4n) is 3.07. The van der Waals surface area contributed by atoms with Crippen LogP contribution in [0.2, 0.25) is 0 Å². The number of benzene rings is 1. The van der Waals surface area contributed by atoms with Crippen molar-refractivity contribution in [2.24, 2.45) is 16.5 Å². The number of aliphatic imine (C=N–C) groups is 1. The molecule has 0 fully saturated rings. The van der Waals surface area contributed by atoms with Gasteiger partial charge in [-0.1, -0.05) is 0 Å². The predicted octanol–water partition coefficient (Wildman–Crippen LogP) is 2.29. The molecular formula is C17H21N7O. The topological polar surface area (TPSA) is 130 Å². The molecule has 0 saturated carbocycles. The van der Waals surface area contributed by atoms with Crippen LogP contribution in [0.15, 0.2) is 46.1 Å². The Hall–Kier alpha value is -2.84. The molecular weight excluding hydrogens is 318 g/mol. The number of unbranched alkanes of at least 4 members (excludes halogenated alkanes) is 1. The van der Waals surface area contributed by atoms with E-state index in [-0.39, 0.29) is 0 Å². The second-order valence-electron chi connectivity index (χ2n) is 6.22. The molecule has 8 heteroatoms. The number of aromatic amines is 1. The molecule has 3 aromatic rings. The zero-order chi connectivity index (χ0) is 17.3. The summed E-state index contributed by atoms with van der Waals surface area (Å²) in [7, 11) is 0. The lowest BCUT2D eigenvalue weighted by Gasteiger charge is -2.30. The number of anilines is 2. The van der Waals surface area contributed by atoms with Crippen LogP contribution in [0.5, 0.6) is 0 Å². The van der Waals surface area contributed by atoms with Crippen molar-refractivity contribution in [2.45, 2.75) is 24.9 Å². The first-order chi connectivity index (χ1) is 12.2. The number of H-pyrrole nitrogens is 1. The van der Waals surface area contributed by atoms with Gasteiger partial charge < -0.3 is 26.5 Å². The third-order valence-corrected chi connectivity index (χ3v) is 4.34. The van der Waals surface area contributed by atoms with E-state index in [2.05, 4.69) is 25.8 Å². The van der Waals surface area contributed by atoms with E-state index in [9.17, 15) is 0 Å². The highest BCUT2D eigenvalue weighted by atomic mass is 16.3. The van der Waals surface area contributed by atoms with Crippen LogP contribution in [-0.2, 0) is 5.66 Å². The number of nitrogens with one attached hydrogen (secondary N) is 3. The van der Waals surface area contributed by atoms with E-state index in [0.29, 0.717) is 24.7 Å². The van der Waals surface area contributed by atoms with Crippen LogP contribution in [0.1, 0.15) is 25.0 Å². The molecule has 0 spiro atoms. The molecule has 0 aliphatic carbocycles. The zero-order valence-electron chi connectivity index (χ0n) is 13.7. The van der Waals surface area contributed by atoms with Crippen molar-refractivity contribution in [2.75, 3.05) is 17.2 Å². The summed E-state index contributed by atoms with van der Waals surface area (Å²) < 4.78 is 5.58. The monoisotopic (exact) mass is 339 g/mol. The van der Waals surface area contributed by atoms with Gasteiger partial charge in [0.05, 0.1) is 23.7 Å². The lowest BCUT2D eigenvalue weighted by molar-refractivity contribution is 0.324. The second kappa shape index (κ2) is 6.23. The number of nitrogens with zero attached hydrogens (tertiary/aromatic N) is 2. The molecule has 7 N–H and O–H groups in total. The Bertz CT molecular complexity index is 913. The number of hydrogen-bond donors (Lipinski definition) is 5. The molecule has 1 atom stereocenters. The Kier molecular flexibility index (Phi) is 3.90. The van der Waals surface area contributed by atoms with Gasteiger partial charge in [0.15, 0.2) is 11.4 Å². The Morgan fingerprint density at radius 3 is 3.04 bits per heavy atom. The quantitative estimate of drug-likeness (QED) is 0.453. The van der Waals surface area contributed by atoms with Crippen molar-refractivity contribution in [3.05, 3.63) is 42.5 Å². The van der Waals surface area contributed by atoms with Crippen molar-refractivity contribution in [3.8, 4) is 0 Å². The van der Waals surface area contributed by atoms with E-state index in [0.717, 1.165) is 35.1 Å². The van der Waals surface area contributed by atoms with Crippen LogP contribution in [0.3, 0.4) is 0 Å². The van der Waals surface area contributed by atoms with E-state index in [1.165, 1.54) is 0 Å². The van der Waals surface area contributed by atoms with Crippen molar-refractivity contribution < 1.29 is 4.42 Å². The average molecular weight is 339 g/mol. The molecule has 1 unspecified atom stereocenters. The number of aromatic nitrogens is 2. The first kappa shape index (κ1) is 15.7. The molecule has 0 saturated heterocycles. The zero-order valence-corrected chi connectivity index (χ0v) is 13.7. The van der Waals surface area contributed by atoms with Gasteiger partial charge in [-0.15, -0.1) is 0 Å². The van der Waals surface area contributed by atoms with Crippen LogP contribution in [-0.4, -0.2) is 22.7 Å². The predicted molar refractivity (Wildman–Crippen MR) is 98.3 cm³/mol. The van der Waals surface area contributed by atoms with Gasteiger partial charge in [0.25, 0.3) is 0 Å². The summed E-state index contributed by atoms with van der Waals surface area (Å²) in [4.78, 5) is 4.67. The van der Waals surface area contributed by atoms with Crippen molar-refractivity contribution in [1.29, 1.82) is 0 Å². The molecule has 4 rings (SSSR count). The van der Waals surface area contributed by atoms with Crippen LogP contribution in [0, 0.1) is 0 Å². The summed E-state index contributed by atoms with van der Waals surface area (Å²) in [5.41, 5.74) is 13.9. The summed E-state index contributed by atoms with van der Waals surface area (Å²) in [6, 6.07) is 7.79. The molecule has 8 nitrogen and oxygen atoms in total. The highest BCUT2D eigenvalue weighted by Gasteiger charge is 2.36. The highest BCUT2D eigenvalue weighted by Crippen LogP contribution is 2.36. The largest absolute Gasteiger partial charge is 0.463 e. The number of fused-ring (bicyclic) bond motifs is 2. The minimum atomic E-state index is -0.903. The Labute approximate surface area is 144 Å². The van der Waals surface area contributed by atoms with E-state index in [4.69, 9.17) is 15.9 Å². The number of nitrogens with two attached hydrogens (primary N) is 2. The maximum absolute atomic E-state index is 6.56. The average Bonchev–Trinajstić information content (AvgIpc) is 3.24. The van der Waals surface area contributed by atoms with Crippen LogP contribution in [0.25, 0.3) is 10.9 Å². The van der Waals surface area contributed by atoms with Crippen molar-refractivity contribution in [1.82, 2.24) is 10.2 Å². The molecule has 0 radical (unpaired) electrons. The highest BCUT2D eigenvalue weighted by molar-refractivity contribution is 6.06. The number of hydrogen-bond acceptors (Lipinski definition) is 7. The summed E-state index contributed by atoms with van der Waals surface area (Å²) in [5.74, 6) is 1.24. The van der Waals surface area contributed by atoms with Gasteiger partial charge >= 0.3 is 0 Å². The number of guanidine groups is 1. The molecule has 2 aromatic heterocycles. The van der Waals surface area contributed by atoms with Gasteiger partial charge in [-0.2, -0.15) is 5.10 Å². The van der Waals surface area contributed by atoms with Gasteiger partial charge in [-0.3, -0.25) is 5.10 Å². The van der Waals surface area contributed by atoms with E-state index < -0.39 is 5.66 Å². The Balaban J connectivity index is 1.61. The van der Waals surface area contributed by atoms with Crippen LogP contribution < -0.4 is 22.1 Å². The van der Waals surface area contributed by atoms with Gasteiger partial charge in [-0.25, -0.2) is 4.99 Å². The minimum Gasteiger partial charge on any atom is -0.463 e. The normalized spacial score (nSPS) is 19.4. The van der Waals surface area contributed by atoms with Crippen LogP contribution in [0.4, 0.5) is 11.4 Å². The molecule has 25 heavy (non-hydrogen) atoms. The second-order valence-corrected chi connectivity index (χ2v) is 6.22. The standard InChI is InChI=1S/C17H21N7O/c18-7-2-1-6-17(19)15-13(5-8-25-15)22-16(23-17)21-12-4-3-11-10-20-24-14(11)9-12/h3-5,8-10H,1-2,6-7,18-19H2,(H,20,24)(H2,21,22,23). The maximum atomic E-state index is 6.56. The molecule has 130 valence electrons. The van der Waals surface area contributed by atoms with Crippen LogP contribution >= 0.6 is 0 Å². The lowest BCUT2D eigenvalue weighted by atomic mass is 9.99. The van der Waals surface area contributed by atoms with E-state index in [1.807, 2.05) is 24.3 Å². The SMILES string of the molecule is NCCCCC1(N)N=C(Nc2ccc3cn[nH]c3c2)Nc2ccoc21. The maximum Gasteiger partial charge on any atom is 0.202 e. The van der Waals surface area contributed by atoms with Gasteiger partial charge in [0, 0.05) is 17.1 Å². The number of furan rings is 1. The summed E-state index contributed by atoms with van der Waals surface area (Å²) in [6.07, 6.45) is 5.85. The van der Waals surface area contributed by atoms with E-state index in [1.54, 1.807) is 12.5 Å². The van der Waals surface area contributed by atoms with Gasteiger partial charge in [0.1, 0.15) is 0 Å². The first-order valence-corrected chi connectivity index (χ1v) is 8.32. The first-order valence-electron chi connectivity index (χ1n) is 8.32. The molecule has 3 heterocycles. The summed E-state index contributed by atoms with van der Waals surface area (Å²) in [6.45, 7) is 0.637. The van der Waals surface area contributed by atoms with E-state index >= 15 is 0 Å². The van der Waals surface area contributed by atoms with Gasteiger partial charge in [-0.05, 0) is 44.0 Å². The molecule has 0 amide bonds. The Morgan fingerprint density at radius 1 is 1.24 bits per heavy atom. The van der Waals surface area contributed by atoms with Gasteiger partial charge in [0.2, 0.25) is 5.96 Å². The fourth-order valence-corrected chi connectivity index (χ4v) is 3.07. The summed E-state index contributed by atoms with van der Waals surface area (Å²) in [5, 5.41) is 14.6. The molecule has 1 aliphatic rings. The van der Waals surface area contributed by atoms with Crippen molar-refractivity contribution in [3.63, 3.8) is 0 Å². The third-order valence-electron chi connectivity index (χ3n) is 4.34.